The fourth-order valence-corrected chi connectivity index (χ4v) is 3.73. The summed E-state index contributed by atoms with van der Waals surface area (Å²) in [7, 11) is 0. The molecule has 1 aliphatic rings. The molecule has 0 radical (unpaired) electrons. The number of anilines is 1. The molecule has 0 atom stereocenters. The van der Waals surface area contributed by atoms with Gasteiger partial charge in [0.25, 0.3) is 0 Å². The standard InChI is InChI=1S/C23H23FN4O2/c1-14-8-17(24)2-3-19(14)21-5-4-20(25)22(27-21)10-23(30)28-12-15-9-18(6-7-29)26-11-16(15)13-28/h2-5,8-9,11,29H,6-7,10,12-13,25H2,1H3. The fraction of sp³-hybridized carbons (Fsp3) is 0.261. The van der Waals surface area contributed by atoms with E-state index in [0.29, 0.717) is 36.6 Å². The maximum Gasteiger partial charge on any atom is 0.229 e. The van der Waals surface area contributed by atoms with Gasteiger partial charge in [-0.3, -0.25) is 14.8 Å². The minimum absolute atomic E-state index is 0.0449. The van der Waals surface area contributed by atoms with Crippen LogP contribution in [0.5, 0.6) is 0 Å². The van der Waals surface area contributed by atoms with Crippen molar-refractivity contribution in [2.75, 3.05) is 12.3 Å². The second-order valence-electron chi connectivity index (χ2n) is 7.54. The summed E-state index contributed by atoms with van der Waals surface area (Å²) in [4.78, 5) is 23.6. The molecule has 0 saturated carbocycles. The number of amides is 1. The summed E-state index contributed by atoms with van der Waals surface area (Å²) in [6.07, 6.45) is 2.36. The Balaban J connectivity index is 1.52. The Morgan fingerprint density at radius 3 is 2.77 bits per heavy atom. The van der Waals surface area contributed by atoms with Crippen molar-refractivity contribution in [1.29, 1.82) is 0 Å². The van der Waals surface area contributed by atoms with Crippen molar-refractivity contribution in [3.63, 3.8) is 0 Å². The third-order valence-electron chi connectivity index (χ3n) is 5.38. The van der Waals surface area contributed by atoms with Crippen LogP contribution in [0.25, 0.3) is 11.3 Å². The Hall–Kier alpha value is -3.32. The van der Waals surface area contributed by atoms with E-state index in [-0.39, 0.29) is 24.8 Å². The highest BCUT2D eigenvalue weighted by Gasteiger charge is 2.25. The Morgan fingerprint density at radius 2 is 2.00 bits per heavy atom. The number of rotatable bonds is 5. The molecule has 3 N–H and O–H groups in total. The number of benzene rings is 1. The molecule has 6 nitrogen and oxygen atoms in total. The van der Waals surface area contributed by atoms with Gasteiger partial charge in [-0.1, -0.05) is 0 Å². The zero-order chi connectivity index (χ0) is 21.3. The second kappa shape index (κ2) is 8.20. The molecule has 1 amide bonds. The van der Waals surface area contributed by atoms with Crippen molar-refractivity contribution in [2.45, 2.75) is 32.9 Å². The lowest BCUT2D eigenvalue weighted by molar-refractivity contribution is -0.131. The van der Waals surface area contributed by atoms with Crippen LogP contribution in [0, 0.1) is 12.7 Å². The molecule has 0 spiro atoms. The molecule has 30 heavy (non-hydrogen) atoms. The Morgan fingerprint density at radius 1 is 1.20 bits per heavy atom. The molecule has 154 valence electrons. The number of aliphatic hydroxyl groups is 1. The first kappa shape index (κ1) is 20.0. The van der Waals surface area contributed by atoms with Gasteiger partial charge < -0.3 is 15.7 Å². The van der Waals surface area contributed by atoms with Gasteiger partial charge in [-0.15, -0.1) is 0 Å². The molecule has 0 saturated heterocycles. The molecule has 1 aromatic carbocycles. The molecular formula is C23H23FN4O2. The lowest BCUT2D eigenvalue weighted by atomic mass is 10.0. The highest BCUT2D eigenvalue weighted by atomic mass is 19.1. The van der Waals surface area contributed by atoms with Gasteiger partial charge in [0.15, 0.2) is 0 Å². The van der Waals surface area contributed by atoms with Gasteiger partial charge in [0, 0.05) is 43.6 Å². The summed E-state index contributed by atoms with van der Waals surface area (Å²) >= 11 is 0. The van der Waals surface area contributed by atoms with Crippen LogP contribution >= 0.6 is 0 Å². The molecule has 1 aliphatic heterocycles. The van der Waals surface area contributed by atoms with Crippen LogP contribution in [0.3, 0.4) is 0 Å². The highest BCUT2D eigenvalue weighted by molar-refractivity contribution is 5.81. The highest BCUT2D eigenvalue weighted by Crippen LogP contribution is 2.27. The Labute approximate surface area is 174 Å². The number of nitrogen functional groups attached to an aromatic ring is 1. The summed E-state index contributed by atoms with van der Waals surface area (Å²) in [6.45, 7) is 2.87. The summed E-state index contributed by atoms with van der Waals surface area (Å²) in [5, 5.41) is 9.09. The van der Waals surface area contributed by atoms with Crippen LogP contribution in [0.1, 0.15) is 28.1 Å². The van der Waals surface area contributed by atoms with E-state index in [1.165, 1.54) is 12.1 Å². The van der Waals surface area contributed by atoms with E-state index in [9.17, 15) is 9.18 Å². The number of carbonyl (C=O) groups excluding carboxylic acids is 1. The normalized spacial score (nSPS) is 12.8. The van der Waals surface area contributed by atoms with E-state index in [1.54, 1.807) is 29.3 Å². The molecule has 0 unspecified atom stereocenters. The summed E-state index contributed by atoms with van der Waals surface area (Å²) in [5.74, 6) is -0.366. The quantitative estimate of drug-likeness (QED) is 0.680. The average molecular weight is 406 g/mol. The van der Waals surface area contributed by atoms with Crippen LogP contribution in [0.2, 0.25) is 0 Å². The molecule has 7 heteroatoms. The number of hydrogen-bond donors (Lipinski definition) is 2. The van der Waals surface area contributed by atoms with Crippen LogP contribution in [-0.2, 0) is 30.7 Å². The van der Waals surface area contributed by atoms with E-state index in [2.05, 4.69) is 9.97 Å². The molecule has 3 heterocycles. The SMILES string of the molecule is Cc1cc(F)ccc1-c1ccc(N)c(CC(=O)N2Cc3cnc(CCO)cc3C2)n1. The predicted octanol–water partition coefficient (Wildman–Crippen LogP) is 2.79. The largest absolute Gasteiger partial charge is 0.397 e. The lowest BCUT2D eigenvalue weighted by Gasteiger charge is -2.16. The smallest absolute Gasteiger partial charge is 0.229 e. The first-order valence-corrected chi connectivity index (χ1v) is 9.82. The number of nitrogens with two attached hydrogens (primary N) is 1. The van der Waals surface area contributed by atoms with Gasteiger partial charge in [0.1, 0.15) is 5.82 Å². The van der Waals surface area contributed by atoms with E-state index in [4.69, 9.17) is 10.8 Å². The monoisotopic (exact) mass is 406 g/mol. The molecule has 3 aromatic rings. The topological polar surface area (TPSA) is 92.3 Å². The van der Waals surface area contributed by atoms with Crippen molar-refractivity contribution in [1.82, 2.24) is 14.9 Å². The molecule has 0 aliphatic carbocycles. The zero-order valence-corrected chi connectivity index (χ0v) is 16.7. The third kappa shape index (κ3) is 4.02. The average Bonchev–Trinajstić information content (AvgIpc) is 3.14. The number of halogens is 1. The number of nitrogens with zero attached hydrogens (tertiary/aromatic N) is 3. The van der Waals surface area contributed by atoms with Crippen molar-refractivity contribution in [2.24, 2.45) is 0 Å². The fourth-order valence-electron chi connectivity index (χ4n) is 3.73. The number of aryl methyl sites for hydroxylation is 1. The Bertz CT molecular complexity index is 1120. The van der Waals surface area contributed by atoms with E-state index in [1.807, 2.05) is 13.0 Å². The number of fused-ring (bicyclic) bond motifs is 1. The van der Waals surface area contributed by atoms with Gasteiger partial charge in [-0.05, 0) is 60.0 Å². The molecule has 0 fully saturated rings. The molecule has 4 rings (SSSR count). The number of aromatic nitrogens is 2. The number of carbonyl (C=O) groups is 1. The van der Waals surface area contributed by atoms with Crippen molar-refractivity contribution in [3.8, 4) is 11.3 Å². The second-order valence-corrected chi connectivity index (χ2v) is 7.54. The molecular weight excluding hydrogens is 383 g/mol. The Kier molecular flexibility index (Phi) is 5.46. The van der Waals surface area contributed by atoms with Crippen LogP contribution < -0.4 is 5.73 Å². The number of hydrogen-bond acceptors (Lipinski definition) is 5. The van der Waals surface area contributed by atoms with Crippen LogP contribution in [0.15, 0.2) is 42.6 Å². The van der Waals surface area contributed by atoms with E-state index < -0.39 is 0 Å². The van der Waals surface area contributed by atoms with Crippen molar-refractivity contribution in [3.05, 3.63) is 76.5 Å². The zero-order valence-electron chi connectivity index (χ0n) is 16.7. The summed E-state index contributed by atoms with van der Waals surface area (Å²) in [6, 6.07) is 10.00. The van der Waals surface area contributed by atoms with E-state index in [0.717, 1.165) is 27.9 Å². The minimum atomic E-state index is -0.299. The first-order chi connectivity index (χ1) is 14.4. The van der Waals surface area contributed by atoms with Crippen molar-refractivity contribution >= 4 is 11.6 Å². The maximum atomic E-state index is 13.4. The van der Waals surface area contributed by atoms with Gasteiger partial charge in [-0.25, -0.2) is 4.39 Å². The van der Waals surface area contributed by atoms with Gasteiger partial charge in [0.2, 0.25) is 5.91 Å². The number of aliphatic hydroxyl groups excluding tert-OH is 1. The van der Waals surface area contributed by atoms with Crippen LogP contribution in [0.4, 0.5) is 10.1 Å². The van der Waals surface area contributed by atoms with Gasteiger partial charge in [0.05, 0.1) is 23.5 Å². The molecule has 0 bridgehead atoms. The molecule has 2 aromatic heterocycles. The summed E-state index contributed by atoms with van der Waals surface area (Å²) < 4.78 is 13.4. The number of pyridine rings is 2. The summed E-state index contributed by atoms with van der Waals surface area (Å²) in [5.41, 5.74) is 12.2. The van der Waals surface area contributed by atoms with E-state index >= 15 is 0 Å². The maximum absolute atomic E-state index is 13.4. The first-order valence-electron chi connectivity index (χ1n) is 9.82. The van der Waals surface area contributed by atoms with Crippen LogP contribution in [-0.4, -0.2) is 32.5 Å². The predicted molar refractivity (Wildman–Crippen MR) is 112 cm³/mol. The van der Waals surface area contributed by atoms with Gasteiger partial charge >= 0.3 is 0 Å². The van der Waals surface area contributed by atoms with Crippen molar-refractivity contribution < 1.29 is 14.3 Å². The lowest BCUT2D eigenvalue weighted by Crippen LogP contribution is -2.27. The minimum Gasteiger partial charge on any atom is -0.397 e. The third-order valence-corrected chi connectivity index (χ3v) is 5.38. The van der Waals surface area contributed by atoms with Gasteiger partial charge in [-0.2, -0.15) is 0 Å².